The molecule has 2 amide bonds. The van der Waals surface area contributed by atoms with E-state index in [1.807, 2.05) is 34.1 Å². The predicted molar refractivity (Wildman–Crippen MR) is 141 cm³/mol. The molecule has 2 saturated carbocycles. The molecule has 1 aliphatic heterocycles. The summed E-state index contributed by atoms with van der Waals surface area (Å²) in [6.45, 7) is 1.93. The zero-order chi connectivity index (χ0) is 27.7. The second-order valence-electron chi connectivity index (χ2n) is 10.8. The number of carboxylic acid groups (broad SMARTS) is 1. The maximum atomic E-state index is 13.9. The molecular weight excluding hydrogens is 506 g/mol. The van der Waals surface area contributed by atoms with Crippen molar-refractivity contribution in [1.29, 1.82) is 0 Å². The van der Waals surface area contributed by atoms with Crippen LogP contribution in [0.15, 0.2) is 48.5 Å². The van der Waals surface area contributed by atoms with Crippen LogP contribution < -0.4 is 9.64 Å². The molecule has 5 rings (SSSR count). The van der Waals surface area contributed by atoms with Gasteiger partial charge in [0.1, 0.15) is 5.75 Å². The number of fused-ring (bicyclic) bond motifs is 2. The Morgan fingerprint density at radius 3 is 2.41 bits per heavy atom. The lowest BCUT2D eigenvalue weighted by molar-refractivity contribution is -0.177. The lowest BCUT2D eigenvalue weighted by atomic mass is 9.81. The number of anilines is 1. The molecule has 1 heterocycles. The van der Waals surface area contributed by atoms with Crippen LogP contribution in [-0.4, -0.2) is 46.5 Å². The van der Waals surface area contributed by atoms with Gasteiger partial charge < -0.3 is 19.6 Å². The van der Waals surface area contributed by atoms with Gasteiger partial charge in [0.2, 0.25) is 5.91 Å². The number of carbonyl (C=O) groups excluding carboxylic acids is 2. The van der Waals surface area contributed by atoms with Gasteiger partial charge in [0.15, 0.2) is 0 Å². The van der Waals surface area contributed by atoms with Crippen LogP contribution in [0, 0.1) is 11.8 Å². The summed E-state index contributed by atoms with van der Waals surface area (Å²) < 4.78 is 32.1. The van der Waals surface area contributed by atoms with Gasteiger partial charge in [-0.25, -0.2) is 0 Å². The highest BCUT2D eigenvalue weighted by molar-refractivity contribution is 6.07. The largest absolute Gasteiger partial charge is 0.481 e. The zero-order valence-electron chi connectivity index (χ0n) is 22.0. The Kier molecular flexibility index (Phi) is 7.60. The molecule has 39 heavy (non-hydrogen) atoms. The molecular formula is C30H34F2N2O5. The second kappa shape index (κ2) is 10.9. The number of nitrogens with zero attached hydrogens (tertiary/aromatic N) is 2. The lowest BCUT2D eigenvalue weighted by Crippen LogP contribution is -2.52. The number of halogens is 2. The van der Waals surface area contributed by atoms with Gasteiger partial charge in [0.25, 0.3) is 5.91 Å². The number of carboxylic acids is 1. The maximum Gasteiger partial charge on any atom is 0.397 e. The number of carbonyl (C=O) groups is 3. The van der Waals surface area contributed by atoms with Gasteiger partial charge in [0.05, 0.1) is 12.5 Å². The fraction of sp³-hybridized carbons (Fsp3) is 0.500. The third-order valence-corrected chi connectivity index (χ3v) is 8.14. The number of hydrogen-bond donors (Lipinski definition) is 1. The molecule has 3 unspecified atom stereocenters. The van der Waals surface area contributed by atoms with E-state index >= 15 is 0 Å². The summed E-state index contributed by atoms with van der Waals surface area (Å²) in [5.41, 5.74) is 2.00. The molecule has 2 aromatic carbocycles. The Bertz CT molecular complexity index is 1230. The van der Waals surface area contributed by atoms with Crippen LogP contribution in [-0.2, 0) is 9.59 Å². The van der Waals surface area contributed by atoms with Crippen LogP contribution in [0.2, 0.25) is 0 Å². The van der Waals surface area contributed by atoms with Crippen molar-refractivity contribution >= 4 is 23.5 Å². The molecule has 0 aromatic heterocycles. The van der Waals surface area contributed by atoms with Crippen LogP contribution in [0.5, 0.6) is 5.75 Å². The van der Waals surface area contributed by atoms with Crippen molar-refractivity contribution in [3.05, 3.63) is 59.7 Å². The Morgan fingerprint density at radius 1 is 1.03 bits per heavy atom. The van der Waals surface area contributed by atoms with Crippen molar-refractivity contribution in [2.75, 3.05) is 11.4 Å². The first-order valence-electron chi connectivity index (χ1n) is 13.8. The predicted octanol–water partition coefficient (Wildman–Crippen LogP) is 6.04. The van der Waals surface area contributed by atoms with Crippen molar-refractivity contribution in [3.8, 4) is 5.75 Å². The summed E-state index contributed by atoms with van der Waals surface area (Å²) >= 11 is 0. The van der Waals surface area contributed by atoms with E-state index in [9.17, 15) is 28.3 Å². The van der Waals surface area contributed by atoms with Crippen molar-refractivity contribution in [2.45, 2.75) is 76.5 Å². The number of amides is 2. The first-order valence-corrected chi connectivity index (χ1v) is 13.8. The van der Waals surface area contributed by atoms with Gasteiger partial charge in [-0.2, -0.15) is 8.78 Å². The van der Waals surface area contributed by atoms with E-state index in [0.29, 0.717) is 18.0 Å². The number of alkyl halides is 2. The van der Waals surface area contributed by atoms with Crippen molar-refractivity contribution < 1.29 is 33.0 Å². The van der Waals surface area contributed by atoms with Gasteiger partial charge in [-0.1, -0.05) is 31.5 Å². The minimum atomic E-state index is -3.28. The van der Waals surface area contributed by atoms with Gasteiger partial charge in [-0.3, -0.25) is 14.4 Å². The smallest absolute Gasteiger partial charge is 0.397 e. The fourth-order valence-corrected chi connectivity index (χ4v) is 6.04. The first kappa shape index (κ1) is 27.1. The number of hydrogen-bond acceptors (Lipinski definition) is 4. The van der Waals surface area contributed by atoms with Gasteiger partial charge in [-0.05, 0) is 67.5 Å². The number of benzene rings is 2. The first-order chi connectivity index (χ1) is 18.7. The third-order valence-electron chi connectivity index (χ3n) is 8.14. The summed E-state index contributed by atoms with van der Waals surface area (Å²) in [6, 6.07) is 13.1. The van der Waals surface area contributed by atoms with Gasteiger partial charge in [-0.15, -0.1) is 0 Å². The molecule has 2 aliphatic carbocycles. The average molecular weight is 541 g/mol. The van der Waals surface area contributed by atoms with E-state index in [0.717, 1.165) is 43.4 Å². The van der Waals surface area contributed by atoms with Crippen LogP contribution in [0.1, 0.15) is 80.3 Å². The Balaban J connectivity index is 1.47. The number of rotatable bonds is 10. The number of para-hydroxylation sites is 1. The molecule has 0 spiro atoms. The molecule has 2 aromatic rings. The molecule has 0 bridgehead atoms. The summed E-state index contributed by atoms with van der Waals surface area (Å²) in [7, 11) is 0. The second-order valence-corrected chi connectivity index (χ2v) is 10.8. The monoisotopic (exact) mass is 540 g/mol. The Hall–Kier alpha value is -3.49. The van der Waals surface area contributed by atoms with E-state index in [1.54, 1.807) is 0 Å². The molecule has 0 radical (unpaired) electrons. The van der Waals surface area contributed by atoms with E-state index in [2.05, 4.69) is 0 Å². The minimum Gasteiger partial charge on any atom is -0.481 e. The summed E-state index contributed by atoms with van der Waals surface area (Å²) in [5.74, 6) is -0.948. The van der Waals surface area contributed by atoms with Crippen molar-refractivity contribution in [2.24, 2.45) is 11.8 Å². The molecule has 3 atom stereocenters. The number of ether oxygens (including phenoxy) is 1. The fourth-order valence-electron chi connectivity index (χ4n) is 6.04. The molecule has 2 fully saturated rings. The molecule has 3 aliphatic rings. The zero-order valence-corrected chi connectivity index (χ0v) is 22.0. The molecule has 0 saturated heterocycles. The maximum absolute atomic E-state index is 13.9. The van der Waals surface area contributed by atoms with E-state index < -0.39 is 18.5 Å². The van der Waals surface area contributed by atoms with Crippen LogP contribution in [0.4, 0.5) is 14.5 Å². The molecule has 1 N–H and O–H groups in total. The highest BCUT2D eigenvalue weighted by Gasteiger charge is 2.49. The van der Waals surface area contributed by atoms with E-state index in [4.69, 9.17) is 4.74 Å². The Morgan fingerprint density at radius 2 is 1.74 bits per heavy atom. The van der Waals surface area contributed by atoms with Crippen LogP contribution in [0.3, 0.4) is 0 Å². The summed E-state index contributed by atoms with van der Waals surface area (Å²) in [4.78, 5) is 42.3. The SMILES string of the molecule is CCC(F)(F)Oc1ccc(C(=O)N2c3ccccc3C(N(CC3CC3)C(=O)CCC(=O)O)C3CCCC32)cc1. The summed E-state index contributed by atoms with van der Waals surface area (Å²) in [5, 5.41) is 9.19. The average Bonchev–Trinajstić information content (AvgIpc) is 3.62. The lowest BCUT2D eigenvalue weighted by Gasteiger charge is -2.47. The molecule has 208 valence electrons. The van der Waals surface area contributed by atoms with Crippen molar-refractivity contribution in [3.63, 3.8) is 0 Å². The molecule has 7 nitrogen and oxygen atoms in total. The topological polar surface area (TPSA) is 87.2 Å². The highest BCUT2D eigenvalue weighted by Crippen LogP contribution is 2.51. The third kappa shape index (κ3) is 5.77. The highest BCUT2D eigenvalue weighted by atomic mass is 19.3. The standard InChI is InChI=1S/C30H34F2N2O5/c1-2-30(31,32)39-21-14-12-20(13-15-21)29(38)34-24-8-4-3-6-22(24)28(23-7-5-9-25(23)34)33(18-19-10-11-19)26(35)16-17-27(36)37/h3-4,6,8,12-15,19,23,25,28H,2,5,7,9-11,16-18H2,1H3,(H,36,37). The normalized spacial score (nSPS) is 22.1. The van der Waals surface area contributed by atoms with E-state index in [1.165, 1.54) is 31.2 Å². The van der Waals surface area contributed by atoms with Gasteiger partial charge >= 0.3 is 12.1 Å². The van der Waals surface area contributed by atoms with Crippen molar-refractivity contribution in [1.82, 2.24) is 4.90 Å². The van der Waals surface area contributed by atoms with Gasteiger partial charge in [0, 0.05) is 42.6 Å². The minimum absolute atomic E-state index is 0.00755. The number of aliphatic carboxylic acids is 1. The quantitative estimate of drug-likeness (QED) is 0.397. The summed E-state index contributed by atoms with van der Waals surface area (Å²) in [6.07, 6.45) is 0.647. The Labute approximate surface area is 226 Å². The van der Waals surface area contributed by atoms with E-state index in [-0.39, 0.29) is 48.4 Å². The van der Waals surface area contributed by atoms with Crippen LogP contribution >= 0.6 is 0 Å². The van der Waals surface area contributed by atoms with Crippen LogP contribution in [0.25, 0.3) is 0 Å². The molecule has 9 heteroatoms.